The molecule has 1 aromatic rings. The van der Waals surface area contributed by atoms with E-state index in [2.05, 4.69) is 0 Å². The van der Waals surface area contributed by atoms with Crippen molar-refractivity contribution >= 4 is 17.6 Å². The molecule has 6 heteroatoms. The van der Waals surface area contributed by atoms with Crippen LogP contribution >= 0.6 is 0 Å². The molecular formula is C14H16F3NO2. The summed E-state index contributed by atoms with van der Waals surface area (Å²) in [6.07, 6.45) is -2.97. The fourth-order valence-corrected chi connectivity index (χ4v) is 2.00. The Balaban J connectivity index is 3.29. The van der Waals surface area contributed by atoms with E-state index in [1.165, 1.54) is 32.9 Å². The van der Waals surface area contributed by atoms with Crippen LogP contribution in [0.5, 0.6) is 0 Å². The molecule has 1 rings (SSSR count). The number of aryl methyl sites for hydroxylation is 1. The zero-order chi connectivity index (χ0) is 15.7. The number of nitrogens with zero attached hydrogens (tertiary/aromatic N) is 1. The predicted octanol–water partition coefficient (Wildman–Crippen LogP) is 3.23. The summed E-state index contributed by atoms with van der Waals surface area (Å²) in [6, 6.07) is 1.53. The van der Waals surface area contributed by atoms with E-state index in [0.717, 1.165) is 4.57 Å². The molecule has 110 valence electrons. The lowest BCUT2D eigenvalue weighted by molar-refractivity contribution is -0.141. The van der Waals surface area contributed by atoms with Crippen LogP contribution in [-0.4, -0.2) is 22.3 Å². The number of rotatable bonds is 4. The van der Waals surface area contributed by atoms with Gasteiger partial charge in [0.1, 0.15) is 6.54 Å². The number of halogens is 3. The van der Waals surface area contributed by atoms with E-state index in [-0.39, 0.29) is 5.57 Å². The molecule has 3 nitrogen and oxygen atoms in total. The topological polar surface area (TPSA) is 39.1 Å². The van der Waals surface area contributed by atoms with Gasteiger partial charge in [-0.3, -0.25) is 9.59 Å². The molecular weight excluding hydrogens is 271 g/mol. The molecule has 0 unspecified atom stereocenters. The number of aromatic nitrogens is 1. The van der Waals surface area contributed by atoms with Crippen LogP contribution in [0, 0.1) is 13.8 Å². The molecule has 0 saturated heterocycles. The second-order valence-corrected chi connectivity index (χ2v) is 4.70. The van der Waals surface area contributed by atoms with Crippen molar-refractivity contribution in [2.24, 2.45) is 0 Å². The SMILES string of the molecule is CC(=O)C(=Cc1cc(C)n(CC(F)(F)F)c1C)C(C)=O. The smallest absolute Gasteiger partial charge is 0.340 e. The summed E-state index contributed by atoms with van der Waals surface area (Å²) in [7, 11) is 0. The van der Waals surface area contributed by atoms with Gasteiger partial charge in [0.25, 0.3) is 0 Å². The molecule has 0 atom stereocenters. The Morgan fingerprint density at radius 1 is 1.20 bits per heavy atom. The molecule has 0 fully saturated rings. The average molecular weight is 287 g/mol. The molecule has 0 saturated carbocycles. The van der Waals surface area contributed by atoms with Gasteiger partial charge in [-0.2, -0.15) is 13.2 Å². The summed E-state index contributed by atoms with van der Waals surface area (Å²) in [5.41, 5.74) is 1.24. The van der Waals surface area contributed by atoms with Crippen LogP contribution in [0.25, 0.3) is 6.08 Å². The van der Waals surface area contributed by atoms with Crippen molar-refractivity contribution in [3.63, 3.8) is 0 Å². The molecule has 1 heterocycles. The maximum Gasteiger partial charge on any atom is 0.406 e. The van der Waals surface area contributed by atoms with E-state index in [4.69, 9.17) is 0 Å². The number of carbonyl (C=O) groups excluding carboxylic acids is 2. The lowest BCUT2D eigenvalue weighted by Gasteiger charge is -2.12. The molecule has 0 aliphatic carbocycles. The minimum absolute atomic E-state index is 0.0164. The first-order valence-corrected chi connectivity index (χ1v) is 6.00. The summed E-state index contributed by atoms with van der Waals surface area (Å²) in [6.45, 7) is 4.50. The largest absolute Gasteiger partial charge is 0.406 e. The maximum atomic E-state index is 12.5. The van der Waals surface area contributed by atoms with E-state index >= 15 is 0 Å². The molecule has 0 aliphatic rings. The van der Waals surface area contributed by atoms with Gasteiger partial charge in [0.05, 0.1) is 5.57 Å². The zero-order valence-electron chi connectivity index (χ0n) is 11.8. The Hall–Kier alpha value is -1.85. The van der Waals surface area contributed by atoms with Gasteiger partial charge < -0.3 is 4.57 Å². The average Bonchev–Trinajstić information content (AvgIpc) is 2.51. The molecule has 0 aromatic carbocycles. The number of ketones is 2. The van der Waals surface area contributed by atoms with E-state index in [0.29, 0.717) is 17.0 Å². The fourth-order valence-electron chi connectivity index (χ4n) is 2.00. The fraction of sp³-hybridized carbons (Fsp3) is 0.429. The highest BCUT2D eigenvalue weighted by Crippen LogP contribution is 2.24. The molecule has 1 aromatic heterocycles. The standard InChI is InChI=1S/C14H16F3NO2/c1-8-5-12(6-13(10(3)19)11(4)20)9(2)18(8)7-14(15,16)17/h5-6H,7H2,1-4H3. The highest BCUT2D eigenvalue weighted by molar-refractivity contribution is 6.21. The number of hydrogen-bond donors (Lipinski definition) is 0. The number of allylic oxidation sites excluding steroid dienone is 1. The van der Waals surface area contributed by atoms with Crippen LogP contribution in [0.3, 0.4) is 0 Å². The maximum absolute atomic E-state index is 12.5. The Morgan fingerprint density at radius 3 is 2.10 bits per heavy atom. The highest BCUT2D eigenvalue weighted by Gasteiger charge is 2.29. The third kappa shape index (κ3) is 3.82. The first-order valence-electron chi connectivity index (χ1n) is 6.00. The van der Waals surface area contributed by atoms with Gasteiger partial charge in [0.15, 0.2) is 11.6 Å². The molecule has 0 bridgehead atoms. The zero-order valence-corrected chi connectivity index (χ0v) is 11.8. The molecule has 0 N–H and O–H groups in total. The molecule has 20 heavy (non-hydrogen) atoms. The second kappa shape index (κ2) is 5.64. The van der Waals surface area contributed by atoms with E-state index in [1.807, 2.05) is 0 Å². The lowest BCUT2D eigenvalue weighted by Crippen LogP contribution is -2.19. The van der Waals surface area contributed by atoms with Gasteiger partial charge in [-0.25, -0.2) is 0 Å². The molecule has 0 aliphatic heterocycles. The Morgan fingerprint density at radius 2 is 1.70 bits per heavy atom. The van der Waals surface area contributed by atoms with Crippen LogP contribution in [0.2, 0.25) is 0 Å². The number of carbonyl (C=O) groups is 2. The Labute approximate surface area is 115 Å². The summed E-state index contributed by atoms with van der Waals surface area (Å²) in [5, 5.41) is 0. The van der Waals surface area contributed by atoms with E-state index < -0.39 is 24.3 Å². The van der Waals surface area contributed by atoms with Gasteiger partial charge in [-0.15, -0.1) is 0 Å². The summed E-state index contributed by atoms with van der Waals surface area (Å²) in [4.78, 5) is 22.7. The number of Topliss-reactive ketones (excluding diaryl/α,β-unsaturated/α-hetero) is 2. The van der Waals surface area contributed by atoms with Crippen molar-refractivity contribution in [3.05, 3.63) is 28.6 Å². The molecule has 0 amide bonds. The van der Waals surface area contributed by atoms with Crippen molar-refractivity contribution < 1.29 is 22.8 Å². The minimum Gasteiger partial charge on any atom is -0.340 e. The first kappa shape index (κ1) is 16.2. The quantitative estimate of drug-likeness (QED) is 0.484. The van der Waals surface area contributed by atoms with Crippen LogP contribution < -0.4 is 0 Å². The van der Waals surface area contributed by atoms with Crippen molar-refractivity contribution in [1.29, 1.82) is 0 Å². The van der Waals surface area contributed by atoms with Crippen LogP contribution in [-0.2, 0) is 16.1 Å². The summed E-state index contributed by atoms with van der Waals surface area (Å²) >= 11 is 0. The predicted molar refractivity (Wildman–Crippen MR) is 69.3 cm³/mol. The Bertz CT molecular complexity index is 564. The van der Waals surface area contributed by atoms with Crippen molar-refractivity contribution in [1.82, 2.24) is 4.57 Å². The van der Waals surface area contributed by atoms with Crippen molar-refractivity contribution in [2.75, 3.05) is 0 Å². The van der Waals surface area contributed by atoms with E-state index in [1.54, 1.807) is 6.92 Å². The van der Waals surface area contributed by atoms with Gasteiger partial charge in [0.2, 0.25) is 0 Å². The summed E-state index contributed by atoms with van der Waals surface area (Å²) < 4.78 is 38.6. The van der Waals surface area contributed by atoms with Gasteiger partial charge in [-0.1, -0.05) is 0 Å². The monoisotopic (exact) mass is 287 g/mol. The third-order valence-electron chi connectivity index (χ3n) is 3.01. The van der Waals surface area contributed by atoms with Crippen molar-refractivity contribution in [3.8, 4) is 0 Å². The Kier molecular flexibility index (Phi) is 4.57. The lowest BCUT2D eigenvalue weighted by atomic mass is 10.1. The number of hydrogen-bond acceptors (Lipinski definition) is 2. The van der Waals surface area contributed by atoms with Crippen molar-refractivity contribution in [2.45, 2.75) is 40.4 Å². The minimum atomic E-state index is -4.32. The third-order valence-corrected chi connectivity index (χ3v) is 3.01. The molecule has 0 spiro atoms. The first-order chi connectivity index (χ1) is 9.03. The van der Waals surface area contributed by atoms with Crippen LogP contribution in [0.15, 0.2) is 11.6 Å². The van der Waals surface area contributed by atoms with Gasteiger partial charge >= 0.3 is 6.18 Å². The second-order valence-electron chi connectivity index (χ2n) is 4.70. The van der Waals surface area contributed by atoms with Gasteiger partial charge in [-0.05, 0) is 45.4 Å². The number of alkyl halides is 3. The summed E-state index contributed by atoms with van der Waals surface area (Å²) in [5.74, 6) is -0.809. The van der Waals surface area contributed by atoms with Crippen LogP contribution in [0.1, 0.15) is 30.8 Å². The van der Waals surface area contributed by atoms with Gasteiger partial charge in [0, 0.05) is 11.4 Å². The molecule has 0 radical (unpaired) electrons. The van der Waals surface area contributed by atoms with E-state index in [9.17, 15) is 22.8 Å². The highest BCUT2D eigenvalue weighted by atomic mass is 19.4. The normalized spacial score (nSPS) is 11.3. The van der Waals surface area contributed by atoms with Crippen LogP contribution in [0.4, 0.5) is 13.2 Å².